The van der Waals surface area contributed by atoms with Crippen molar-refractivity contribution in [1.29, 1.82) is 0 Å². The Hall–Kier alpha value is -2.74. The summed E-state index contributed by atoms with van der Waals surface area (Å²) in [6.45, 7) is 3.69. The second-order valence-electron chi connectivity index (χ2n) is 6.36. The third-order valence-electron chi connectivity index (χ3n) is 4.13. The maximum absolute atomic E-state index is 12.3. The SMILES string of the molecule is CC[C@@](C)(CC(=O)OC)NC(=O)Cc1csc(NC(=O)c2ccccc2)n1. The molecule has 1 heterocycles. The van der Waals surface area contributed by atoms with Crippen LogP contribution in [0.4, 0.5) is 5.13 Å². The molecule has 1 atom stereocenters. The number of anilines is 1. The van der Waals surface area contributed by atoms with Crippen molar-refractivity contribution in [2.75, 3.05) is 12.4 Å². The molecule has 7 nitrogen and oxygen atoms in total. The summed E-state index contributed by atoms with van der Waals surface area (Å²) < 4.78 is 4.68. The van der Waals surface area contributed by atoms with Gasteiger partial charge >= 0.3 is 5.97 Å². The summed E-state index contributed by atoms with van der Waals surface area (Å²) in [6.07, 6.45) is 0.749. The quantitative estimate of drug-likeness (QED) is 0.677. The van der Waals surface area contributed by atoms with Gasteiger partial charge in [0.1, 0.15) is 0 Å². The van der Waals surface area contributed by atoms with E-state index in [2.05, 4.69) is 20.4 Å². The number of methoxy groups -OCH3 is 1. The van der Waals surface area contributed by atoms with Gasteiger partial charge in [-0.15, -0.1) is 11.3 Å². The van der Waals surface area contributed by atoms with E-state index in [-0.39, 0.29) is 30.6 Å². The van der Waals surface area contributed by atoms with E-state index in [1.807, 2.05) is 13.0 Å². The van der Waals surface area contributed by atoms with E-state index in [0.29, 0.717) is 22.8 Å². The molecule has 0 unspecified atom stereocenters. The predicted octanol–water partition coefficient (Wildman–Crippen LogP) is 2.79. The van der Waals surface area contributed by atoms with Crippen LogP contribution in [0.3, 0.4) is 0 Å². The van der Waals surface area contributed by atoms with E-state index in [1.54, 1.807) is 36.6 Å². The molecule has 0 spiro atoms. The van der Waals surface area contributed by atoms with Gasteiger partial charge in [-0.2, -0.15) is 0 Å². The third-order valence-corrected chi connectivity index (χ3v) is 4.94. The zero-order valence-corrected chi connectivity index (χ0v) is 16.4. The Morgan fingerprint density at radius 3 is 2.56 bits per heavy atom. The highest BCUT2D eigenvalue weighted by molar-refractivity contribution is 7.14. The summed E-state index contributed by atoms with van der Waals surface area (Å²) in [6, 6.07) is 8.83. The first-order valence-corrected chi connectivity index (χ1v) is 9.42. The van der Waals surface area contributed by atoms with Crippen molar-refractivity contribution in [2.24, 2.45) is 0 Å². The number of nitrogens with one attached hydrogen (secondary N) is 2. The van der Waals surface area contributed by atoms with Gasteiger partial charge in [0.25, 0.3) is 5.91 Å². The van der Waals surface area contributed by atoms with Crippen LogP contribution in [0.15, 0.2) is 35.7 Å². The highest BCUT2D eigenvalue weighted by atomic mass is 32.1. The lowest BCUT2D eigenvalue weighted by Gasteiger charge is -2.28. The van der Waals surface area contributed by atoms with Crippen LogP contribution in [0, 0.1) is 0 Å². The molecule has 1 aromatic carbocycles. The Bertz CT molecular complexity index is 806. The van der Waals surface area contributed by atoms with Crippen molar-refractivity contribution in [1.82, 2.24) is 10.3 Å². The van der Waals surface area contributed by atoms with E-state index in [4.69, 9.17) is 0 Å². The fourth-order valence-electron chi connectivity index (χ4n) is 2.40. The summed E-state index contributed by atoms with van der Waals surface area (Å²) in [7, 11) is 1.32. The molecule has 2 amide bonds. The van der Waals surface area contributed by atoms with Gasteiger partial charge in [0.2, 0.25) is 5.91 Å². The van der Waals surface area contributed by atoms with Gasteiger partial charge in [-0.3, -0.25) is 19.7 Å². The first-order valence-electron chi connectivity index (χ1n) is 8.54. The lowest BCUT2D eigenvalue weighted by Crippen LogP contribution is -2.47. The van der Waals surface area contributed by atoms with Crippen molar-refractivity contribution in [3.8, 4) is 0 Å². The van der Waals surface area contributed by atoms with E-state index in [9.17, 15) is 14.4 Å². The lowest BCUT2D eigenvalue weighted by molar-refractivity contribution is -0.142. The second-order valence-corrected chi connectivity index (χ2v) is 7.21. The lowest BCUT2D eigenvalue weighted by atomic mass is 9.94. The minimum atomic E-state index is -0.676. The first kappa shape index (κ1) is 20.6. The van der Waals surface area contributed by atoms with Gasteiger partial charge in [-0.1, -0.05) is 25.1 Å². The number of carbonyl (C=O) groups excluding carboxylic acids is 3. The molecule has 0 aliphatic carbocycles. The maximum atomic E-state index is 12.3. The number of aromatic nitrogens is 1. The van der Waals surface area contributed by atoms with Crippen molar-refractivity contribution >= 4 is 34.3 Å². The van der Waals surface area contributed by atoms with E-state index < -0.39 is 5.54 Å². The number of hydrogen-bond acceptors (Lipinski definition) is 6. The fraction of sp³-hybridized carbons (Fsp3) is 0.368. The van der Waals surface area contributed by atoms with Gasteiger partial charge in [0, 0.05) is 16.5 Å². The third kappa shape index (κ3) is 6.18. The molecule has 2 rings (SSSR count). The van der Waals surface area contributed by atoms with Crippen LogP contribution in [-0.2, 0) is 20.7 Å². The maximum Gasteiger partial charge on any atom is 0.307 e. The highest BCUT2D eigenvalue weighted by Crippen LogP contribution is 2.19. The Labute approximate surface area is 162 Å². The number of thiazole rings is 1. The smallest absolute Gasteiger partial charge is 0.307 e. The minimum Gasteiger partial charge on any atom is -0.469 e. The average Bonchev–Trinajstić information content (AvgIpc) is 3.08. The zero-order chi connectivity index (χ0) is 19.9. The molecular weight excluding hydrogens is 366 g/mol. The molecule has 0 bridgehead atoms. The largest absolute Gasteiger partial charge is 0.469 e. The first-order chi connectivity index (χ1) is 12.8. The number of ether oxygens (including phenoxy) is 1. The standard InChI is InChI=1S/C19H23N3O4S/c1-4-19(2,11-16(24)26-3)22-15(23)10-14-12-27-18(20-14)21-17(25)13-8-6-5-7-9-13/h5-9,12H,4,10-11H2,1-3H3,(H,22,23)(H,20,21,25)/t19-/m0/s1. The fourth-order valence-corrected chi connectivity index (χ4v) is 3.10. The highest BCUT2D eigenvalue weighted by Gasteiger charge is 2.28. The molecule has 27 heavy (non-hydrogen) atoms. The summed E-state index contributed by atoms with van der Waals surface area (Å²) in [5.74, 6) is -0.869. The number of rotatable bonds is 8. The van der Waals surface area contributed by atoms with Crippen molar-refractivity contribution < 1.29 is 19.1 Å². The number of nitrogens with zero attached hydrogens (tertiary/aromatic N) is 1. The molecule has 0 radical (unpaired) electrons. The molecule has 1 aromatic heterocycles. The summed E-state index contributed by atoms with van der Waals surface area (Å²) in [5, 5.41) is 7.75. The van der Waals surface area contributed by atoms with Crippen LogP contribution in [0.2, 0.25) is 0 Å². The molecule has 144 valence electrons. The van der Waals surface area contributed by atoms with Gasteiger partial charge in [-0.25, -0.2) is 4.98 Å². The molecule has 2 aromatic rings. The Morgan fingerprint density at radius 1 is 1.22 bits per heavy atom. The molecule has 0 saturated carbocycles. The number of benzene rings is 1. The Balaban J connectivity index is 1.93. The average molecular weight is 389 g/mol. The molecule has 2 N–H and O–H groups in total. The topological polar surface area (TPSA) is 97.4 Å². The van der Waals surface area contributed by atoms with Gasteiger partial charge < -0.3 is 10.1 Å². The van der Waals surface area contributed by atoms with Crippen LogP contribution < -0.4 is 10.6 Å². The summed E-state index contributed by atoms with van der Waals surface area (Å²) >= 11 is 1.26. The van der Waals surface area contributed by atoms with E-state index in [1.165, 1.54) is 18.4 Å². The number of amides is 2. The molecule has 8 heteroatoms. The van der Waals surface area contributed by atoms with E-state index in [0.717, 1.165) is 0 Å². The molecular formula is C19H23N3O4S. The summed E-state index contributed by atoms with van der Waals surface area (Å²) in [5.41, 5.74) is 0.413. The van der Waals surface area contributed by atoms with Crippen LogP contribution in [0.25, 0.3) is 0 Å². The summed E-state index contributed by atoms with van der Waals surface area (Å²) in [4.78, 5) is 40.3. The predicted molar refractivity (Wildman–Crippen MR) is 104 cm³/mol. The van der Waals surface area contributed by atoms with Crippen LogP contribution >= 0.6 is 11.3 Å². The number of esters is 1. The normalized spacial score (nSPS) is 12.7. The van der Waals surface area contributed by atoms with Gasteiger partial charge in [-0.05, 0) is 25.5 Å². The Morgan fingerprint density at radius 2 is 1.93 bits per heavy atom. The zero-order valence-electron chi connectivity index (χ0n) is 15.6. The van der Waals surface area contributed by atoms with E-state index >= 15 is 0 Å². The minimum absolute atomic E-state index is 0.0640. The molecule has 0 aliphatic heterocycles. The van der Waals surface area contributed by atoms with Crippen molar-refractivity contribution in [3.05, 3.63) is 47.0 Å². The number of hydrogen-bond donors (Lipinski definition) is 2. The van der Waals surface area contributed by atoms with Gasteiger partial charge in [0.05, 0.1) is 25.6 Å². The molecule has 0 fully saturated rings. The monoisotopic (exact) mass is 389 g/mol. The van der Waals surface area contributed by atoms with Crippen molar-refractivity contribution in [2.45, 2.75) is 38.6 Å². The van der Waals surface area contributed by atoms with Crippen LogP contribution in [-0.4, -0.2) is 35.4 Å². The van der Waals surface area contributed by atoms with Crippen molar-refractivity contribution in [3.63, 3.8) is 0 Å². The van der Waals surface area contributed by atoms with Crippen LogP contribution in [0.1, 0.15) is 42.7 Å². The van der Waals surface area contributed by atoms with Crippen LogP contribution in [0.5, 0.6) is 0 Å². The Kier molecular flexibility index (Phi) is 7.06. The molecule has 0 aliphatic rings. The second kappa shape index (κ2) is 9.27. The number of carbonyl (C=O) groups is 3. The molecule has 0 saturated heterocycles. The van der Waals surface area contributed by atoms with Gasteiger partial charge in [0.15, 0.2) is 5.13 Å².